The number of urea groups is 1. The molecular formula is C24H37N4O2+. The molecule has 5 rings (SSSR count). The monoisotopic (exact) mass is 413 g/mol. The van der Waals surface area contributed by atoms with Crippen LogP contribution in [0.25, 0.3) is 0 Å². The van der Waals surface area contributed by atoms with E-state index in [1.165, 1.54) is 24.8 Å². The molecule has 4 bridgehead atoms. The molecule has 30 heavy (non-hydrogen) atoms. The van der Waals surface area contributed by atoms with E-state index in [9.17, 15) is 9.59 Å². The topological polar surface area (TPSA) is 65.9 Å². The maximum Gasteiger partial charge on any atom is 0.322 e. The number of carbonyl (C=O) groups excluding carboxylic acids is 2. The van der Waals surface area contributed by atoms with Crippen molar-refractivity contribution in [2.24, 2.45) is 17.8 Å². The summed E-state index contributed by atoms with van der Waals surface area (Å²) in [4.78, 5) is 28.5. The lowest BCUT2D eigenvalue weighted by Gasteiger charge is -2.56. The minimum atomic E-state index is -0.308. The molecule has 6 heteroatoms. The predicted octanol–water partition coefficient (Wildman–Crippen LogP) is 1.95. The molecule has 0 radical (unpaired) electrons. The summed E-state index contributed by atoms with van der Waals surface area (Å²) in [7, 11) is 6.04. The highest BCUT2D eigenvalue weighted by molar-refractivity contribution is 5.96. The number of carbonyl (C=O) groups is 2. The fraction of sp³-hybridized carbons (Fsp3) is 0.667. The number of imide groups is 1. The fourth-order valence-electron chi connectivity index (χ4n) is 6.37. The first-order chi connectivity index (χ1) is 14.2. The number of rotatable bonds is 6. The molecule has 164 valence electrons. The van der Waals surface area contributed by atoms with Gasteiger partial charge in [-0.2, -0.15) is 0 Å². The minimum absolute atomic E-state index is 0.0741. The highest BCUT2D eigenvalue weighted by atomic mass is 16.2. The Bertz CT molecular complexity index is 754. The first-order valence-corrected chi connectivity index (χ1v) is 11.4. The Hall–Kier alpha value is -2.08. The highest BCUT2D eigenvalue weighted by Crippen LogP contribution is 2.55. The summed E-state index contributed by atoms with van der Waals surface area (Å²) in [5, 5.41) is 5.86. The van der Waals surface area contributed by atoms with Gasteiger partial charge in [-0.1, -0.05) is 12.1 Å². The Labute approximate surface area is 180 Å². The maximum absolute atomic E-state index is 12.7. The van der Waals surface area contributed by atoms with Gasteiger partial charge in [0, 0.05) is 30.9 Å². The van der Waals surface area contributed by atoms with Crippen molar-refractivity contribution in [2.75, 3.05) is 26.0 Å². The standard InChI is InChI=1S/C24H36N4O2/c1-16(28(4)15-17-5-7-21(8-6-17)27(2)3)22(29)25-23(30)26-24-12-18-9-19(13-24)11-20(10-18)14-24/h5-8,16,18-20H,9-15H2,1-4H3,(H2,25,26,29,30)/p+1/t16-,18?,19?,20?,24?/m0/s1. The van der Waals surface area contributed by atoms with Crippen molar-refractivity contribution >= 4 is 17.6 Å². The number of likely N-dealkylation sites (N-methyl/N-ethyl adjacent to an activating group) is 1. The van der Waals surface area contributed by atoms with E-state index in [0.717, 1.165) is 54.1 Å². The van der Waals surface area contributed by atoms with E-state index in [0.29, 0.717) is 0 Å². The number of benzene rings is 1. The highest BCUT2D eigenvalue weighted by Gasteiger charge is 2.51. The van der Waals surface area contributed by atoms with E-state index in [2.05, 4.69) is 39.8 Å². The second kappa shape index (κ2) is 8.22. The Morgan fingerprint density at radius 3 is 2.10 bits per heavy atom. The summed E-state index contributed by atoms with van der Waals surface area (Å²) in [5.41, 5.74) is 2.26. The predicted molar refractivity (Wildman–Crippen MR) is 118 cm³/mol. The molecule has 1 aromatic carbocycles. The summed E-state index contributed by atoms with van der Waals surface area (Å²) in [6.45, 7) is 2.62. The quantitative estimate of drug-likeness (QED) is 0.668. The molecule has 3 amide bonds. The van der Waals surface area contributed by atoms with Gasteiger partial charge in [-0.15, -0.1) is 0 Å². The summed E-state index contributed by atoms with van der Waals surface area (Å²) < 4.78 is 0. The van der Waals surface area contributed by atoms with Crippen LogP contribution in [0.15, 0.2) is 24.3 Å². The van der Waals surface area contributed by atoms with E-state index >= 15 is 0 Å². The van der Waals surface area contributed by atoms with Crippen molar-refractivity contribution < 1.29 is 14.5 Å². The number of nitrogens with one attached hydrogen (secondary N) is 3. The third-order valence-corrected chi connectivity index (χ3v) is 7.72. The second-order valence-electron chi connectivity index (χ2n) is 10.4. The van der Waals surface area contributed by atoms with Gasteiger partial charge in [-0.05, 0) is 75.3 Å². The molecule has 2 atom stereocenters. The molecule has 1 unspecified atom stereocenters. The first-order valence-electron chi connectivity index (χ1n) is 11.4. The number of amides is 3. The average Bonchev–Trinajstić information content (AvgIpc) is 2.66. The molecule has 4 aliphatic carbocycles. The van der Waals surface area contributed by atoms with Crippen LogP contribution in [0.2, 0.25) is 0 Å². The Morgan fingerprint density at radius 1 is 1.07 bits per heavy atom. The zero-order chi connectivity index (χ0) is 21.5. The van der Waals surface area contributed by atoms with Gasteiger partial charge in [-0.25, -0.2) is 4.79 Å². The van der Waals surface area contributed by atoms with E-state index < -0.39 is 0 Å². The van der Waals surface area contributed by atoms with Gasteiger partial charge >= 0.3 is 6.03 Å². The summed E-state index contributed by atoms with van der Waals surface area (Å²) in [6, 6.07) is 7.77. The van der Waals surface area contributed by atoms with E-state index in [1.807, 2.05) is 28.1 Å². The number of quaternary nitrogens is 1. The second-order valence-corrected chi connectivity index (χ2v) is 10.4. The number of hydrogen-bond acceptors (Lipinski definition) is 3. The van der Waals surface area contributed by atoms with Crippen LogP contribution in [0.4, 0.5) is 10.5 Å². The lowest BCUT2D eigenvalue weighted by Crippen LogP contribution is -3.12. The lowest BCUT2D eigenvalue weighted by molar-refractivity contribution is -0.908. The van der Waals surface area contributed by atoms with Gasteiger partial charge in [0.1, 0.15) is 6.54 Å². The summed E-state index contributed by atoms with van der Waals surface area (Å²) in [6.07, 6.45) is 7.27. The number of anilines is 1. The molecule has 4 saturated carbocycles. The van der Waals surface area contributed by atoms with Crippen LogP contribution in [0, 0.1) is 17.8 Å². The van der Waals surface area contributed by atoms with Gasteiger partial charge in [0.05, 0.1) is 7.05 Å². The Balaban J connectivity index is 1.29. The van der Waals surface area contributed by atoms with E-state index in [-0.39, 0.29) is 23.5 Å². The van der Waals surface area contributed by atoms with Crippen LogP contribution in [-0.2, 0) is 11.3 Å². The van der Waals surface area contributed by atoms with Crippen LogP contribution in [-0.4, -0.2) is 44.7 Å². The molecule has 4 aliphatic rings. The lowest BCUT2D eigenvalue weighted by atomic mass is 9.53. The van der Waals surface area contributed by atoms with Crippen molar-refractivity contribution in [2.45, 2.75) is 63.6 Å². The third-order valence-electron chi connectivity index (χ3n) is 7.72. The van der Waals surface area contributed by atoms with Gasteiger partial charge in [0.15, 0.2) is 6.04 Å². The van der Waals surface area contributed by atoms with Gasteiger partial charge in [0.25, 0.3) is 5.91 Å². The molecule has 0 spiro atoms. The van der Waals surface area contributed by atoms with Crippen molar-refractivity contribution in [3.05, 3.63) is 29.8 Å². The maximum atomic E-state index is 12.7. The van der Waals surface area contributed by atoms with Crippen LogP contribution in [0.3, 0.4) is 0 Å². The first kappa shape index (κ1) is 21.2. The molecule has 3 N–H and O–H groups in total. The summed E-state index contributed by atoms with van der Waals surface area (Å²) in [5.74, 6) is 2.08. The van der Waals surface area contributed by atoms with Gasteiger partial charge in [-0.3, -0.25) is 10.1 Å². The smallest absolute Gasteiger partial charge is 0.322 e. The molecule has 0 aliphatic heterocycles. The normalized spacial score (nSPS) is 31.1. The van der Waals surface area contributed by atoms with Crippen LogP contribution >= 0.6 is 0 Å². The molecule has 0 heterocycles. The Kier molecular flexibility index (Phi) is 5.80. The van der Waals surface area contributed by atoms with Crippen LogP contribution in [0.5, 0.6) is 0 Å². The van der Waals surface area contributed by atoms with Crippen molar-refractivity contribution in [1.29, 1.82) is 0 Å². The molecule has 6 nitrogen and oxygen atoms in total. The molecule has 4 fully saturated rings. The van der Waals surface area contributed by atoms with Crippen molar-refractivity contribution in [1.82, 2.24) is 10.6 Å². The van der Waals surface area contributed by atoms with E-state index in [4.69, 9.17) is 0 Å². The SMILES string of the molecule is C[C@@H](C(=O)NC(=O)NC12CC3CC(CC(C3)C1)C2)[NH+](C)Cc1ccc(N(C)C)cc1. The molecule has 0 saturated heterocycles. The van der Waals surface area contributed by atoms with Gasteiger partial charge in [0.2, 0.25) is 0 Å². The van der Waals surface area contributed by atoms with Crippen molar-refractivity contribution in [3.63, 3.8) is 0 Å². The fourth-order valence-corrected chi connectivity index (χ4v) is 6.37. The minimum Gasteiger partial charge on any atom is -0.378 e. The summed E-state index contributed by atoms with van der Waals surface area (Å²) >= 11 is 0. The zero-order valence-corrected chi connectivity index (χ0v) is 18.8. The Morgan fingerprint density at radius 2 is 1.60 bits per heavy atom. The molecule has 1 aromatic rings. The van der Waals surface area contributed by atoms with E-state index in [1.54, 1.807) is 0 Å². The largest absolute Gasteiger partial charge is 0.378 e. The molecule has 0 aromatic heterocycles. The average molecular weight is 414 g/mol. The third kappa shape index (κ3) is 4.48. The van der Waals surface area contributed by atoms with Crippen LogP contribution < -0.4 is 20.4 Å². The number of nitrogens with zero attached hydrogens (tertiary/aromatic N) is 1. The van der Waals surface area contributed by atoms with Crippen molar-refractivity contribution in [3.8, 4) is 0 Å². The van der Waals surface area contributed by atoms with Gasteiger partial charge < -0.3 is 15.1 Å². The molecular weight excluding hydrogens is 376 g/mol. The zero-order valence-electron chi connectivity index (χ0n) is 18.8. The van der Waals surface area contributed by atoms with Crippen LogP contribution in [0.1, 0.15) is 51.0 Å². The number of hydrogen-bond donors (Lipinski definition) is 3.